The van der Waals surface area contributed by atoms with Crippen molar-refractivity contribution in [1.29, 1.82) is 0 Å². The molecule has 15 heavy (non-hydrogen) atoms. The highest BCUT2D eigenvalue weighted by molar-refractivity contribution is 5.69. The Morgan fingerprint density at radius 3 is 2.67 bits per heavy atom. The minimum Gasteiger partial charge on any atom is -0.435 e. The van der Waals surface area contributed by atoms with Crippen LogP contribution in [0.25, 0.3) is 0 Å². The predicted molar refractivity (Wildman–Crippen MR) is 63.4 cm³/mol. The van der Waals surface area contributed by atoms with Crippen molar-refractivity contribution in [2.24, 2.45) is 5.41 Å². The average molecular weight is 210 g/mol. The van der Waals surface area contributed by atoms with Crippen molar-refractivity contribution in [3.8, 4) is 0 Å². The van der Waals surface area contributed by atoms with E-state index in [9.17, 15) is 4.79 Å². The minimum absolute atomic E-state index is 0.0804. The molecule has 86 valence electrons. The fourth-order valence-corrected chi connectivity index (χ4v) is 1.16. The highest BCUT2D eigenvalue weighted by Gasteiger charge is 2.12. The molecular weight excluding hydrogens is 188 g/mol. The van der Waals surface area contributed by atoms with E-state index in [4.69, 9.17) is 4.74 Å². The first-order chi connectivity index (χ1) is 7.02. The van der Waals surface area contributed by atoms with Crippen molar-refractivity contribution in [3.05, 3.63) is 25.0 Å². The summed E-state index contributed by atoms with van der Waals surface area (Å²) in [6, 6.07) is 0. The molecule has 0 aromatic heterocycles. The van der Waals surface area contributed by atoms with Crippen molar-refractivity contribution in [2.75, 3.05) is 0 Å². The van der Waals surface area contributed by atoms with E-state index in [1.54, 1.807) is 6.92 Å². The number of hydrogen-bond donors (Lipinski definition) is 0. The zero-order valence-electron chi connectivity index (χ0n) is 10.1. The SMILES string of the molecule is C=CCCCC(C)(C)/C=C/OC(=O)CC. The first kappa shape index (κ1) is 13.9. The molecule has 0 radical (unpaired) electrons. The van der Waals surface area contributed by atoms with Crippen LogP contribution in [0.15, 0.2) is 25.0 Å². The molecule has 0 spiro atoms. The maximum absolute atomic E-state index is 10.9. The molecule has 0 atom stereocenters. The van der Waals surface area contributed by atoms with Gasteiger partial charge in [-0.3, -0.25) is 4.79 Å². The van der Waals surface area contributed by atoms with Crippen LogP contribution in [0.1, 0.15) is 46.5 Å². The van der Waals surface area contributed by atoms with E-state index in [2.05, 4.69) is 20.4 Å². The number of ether oxygens (including phenoxy) is 1. The van der Waals surface area contributed by atoms with Gasteiger partial charge in [0.25, 0.3) is 0 Å². The van der Waals surface area contributed by atoms with Gasteiger partial charge >= 0.3 is 5.97 Å². The van der Waals surface area contributed by atoms with Crippen LogP contribution in [0.4, 0.5) is 0 Å². The largest absolute Gasteiger partial charge is 0.435 e. The second kappa shape index (κ2) is 7.27. The van der Waals surface area contributed by atoms with Gasteiger partial charge < -0.3 is 4.74 Å². The highest BCUT2D eigenvalue weighted by Crippen LogP contribution is 2.24. The molecule has 0 N–H and O–H groups in total. The average Bonchev–Trinajstić information content (AvgIpc) is 2.17. The molecule has 0 heterocycles. The Bertz CT molecular complexity index is 227. The Hall–Kier alpha value is -1.05. The monoisotopic (exact) mass is 210 g/mol. The topological polar surface area (TPSA) is 26.3 Å². The van der Waals surface area contributed by atoms with E-state index in [1.165, 1.54) is 6.26 Å². The molecule has 0 bridgehead atoms. The minimum atomic E-state index is -0.187. The van der Waals surface area contributed by atoms with Crippen molar-refractivity contribution in [2.45, 2.75) is 46.5 Å². The molecule has 0 aliphatic heterocycles. The summed E-state index contributed by atoms with van der Waals surface area (Å²) in [5.41, 5.74) is 0.0804. The summed E-state index contributed by atoms with van der Waals surface area (Å²) < 4.78 is 4.89. The number of carbonyl (C=O) groups is 1. The van der Waals surface area contributed by atoms with E-state index >= 15 is 0 Å². The molecule has 0 aliphatic carbocycles. The second-order valence-corrected chi connectivity index (χ2v) is 4.32. The summed E-state index contributed by atoms with van der Waals surface area (Å²) in [5.74, 6) is -0.187. The number of allylic oxidation sites excluding steroid dienone is 2. The number of hydrogen-bond acceptors (Lipinski definition) is 2. The van der Waals surface area contributed by atoms with Gasteiger partial charge in [0.15, 0.2) is 0 Å². The van der Waals surface area contributed by atoms with E-state index in [1.807, 2.05) is 12.2 Å². The van der Waals surface area contributed by atoms with E-state index in [0.717, 1.165) is 19.3 Å². The number of esters is 1. The molecule has 0 saturated carbocycles. The molecule has 0 aliphatic rings. The molecule has 0 aromatic carbocycles. The molecular formula is C13H22O2. The van der Waals surface area contributed by atoms with Crippen LogP contribution in [0.3, 0.4) is 0 Å². The summed E-state index contributed by atoms with van der Waals surface area (Å²) in [6.07, 6.45) is 9.02. The lowest BCUT2D eigenvalue weighted by Gasteiger charge is -2.19. The Morgan fingerprint density at radius 1 is 1.47 bits per heavy atom. The number of rotatable bonds is 7. The fraction of sp³-hybridized carbons (Fsp3) is 0.615. The van der Waals surface area contributed by atoms with Gasteiger partial charge in [-0.2, -0.15) is 0 Å². The second-order valence-electron chi connectivity index (χ2n) is 4.32. The molecule has 0 rings (SSSR count). The Balaban J connectivity index is 3.89. The first-order valence-corrected chi connectivity index (χ1v) is 5.50. The van der Waals surface area contributed by atoms with Crippen LogP contribution in [-0.2, 0) is 9.53 Å². The normalized spacial score (nSPS) is 11.7. The van der Waals surface area contributed by atoms with E-state index in [-0.39, 0.29) is 11.4 Å². The lowest BCUT2D eigenvalue weighted by atomic mass is 9.87. The summed E-state index contributed by atoms with van der Waals surface area (Å²) in [5, 5.41) is 0. The third-order valence-corrected chi connectivity index (χ3v) is 2.24. The van der Waals surface area contributed by atoms with Gasteiger partial charge in [-0.05, 0) is 30.8 Å². The van der Waals surface area contributed by atoms with Crippen LogP contribution in [0.2, 0.25) is 0 Å². The Labute approximate surface area is 93.0 Å². The lowest BCUT2D eigenvalue weighted by Crippen LogP contribution is -2.07. The quantitative estimate of drug-likeness (QED) is 0.276. The van der Waals surface area contributed by atoms with E-state index in [0.29, 0.717) is 6.42 Å². The first-order valence-electron chi connectivity index (χ1n) is 5.50. The Morgan fingerprint density at radius 2 is 2.13 bits per heavy atom. The molecule has 2 nitrogen and oxygen atoms in total. The van der Waals surface area contributed by atoms with Crippen LogP contribution >= 0.6 is 0 Å². The fourth-order valence-electron chi connectivity index (χ4n) is 1.16. The molecule has 0 fully saturated rings. The van der Waals surface area contributed by atoms with Crippen molar-refractivity contribution in [3.63, 3.8) is 0 Å². The predicted octanol–water partition coefficient (Wildman–Crippen LogP) is 3.84. The van der Waals surface area contributed by atoms with Gasteiger partial charge in [0, 0.05) is 6.42 Å². The molecule has 0 amide bonds. The van der Waals surface area contributed by atoms with Crippen molar-refractivity contribution >= 4 is 5.97 Å². The Kier molecular flexibility index (Phi) is 6.76. The van der Waals surface area contributed by atoms with Gasteiger partial charge in [-0.1, -0.05) is 26.8 Å². The maximum atomic E-state index is 10.9. The van der Waals surface area contributed by atoms with Crippen molar-refractivity contribution < 1.29 is 9.53 Å². The van der Waals surface area contributed by atoms with Gasteiger partial charge in [-0.15, -0.1) is 6.58 Å². The summed E-state index contributed by atoms with van der Waals surface area (Å²) >= 11 is 0. The molecule has 0 saturated heterocycles. The number of carbonyl (C=O) groups excluding carboxylic acids is 1. The molecule has 0 unspecified atom stereocenters. The van der Waals surface area contributed by atoms with Crippen LogP contribution < -0.4 is 0 Å². The zero-order chi connectivity index (χ0) is 11.7. The van der Waals surface area contributed by atoms with Crippen LogP contribution in [0.5, 0.6) is 0 Å². The summed E-state index contributed by atoms with van der Waals surface area (Å²) in [6.45, 7) is 9.74. The molecule has 0 aromatic rings. The molecule has 2 heteroatoms. The summed E-state index contributed by atoms with van der Waals surface area (Å²) in [4.78, 5) is 10.9. The maximum Gasteiger partial charge on any atom is 0.310 e. The van der Waals surface area contributed by atoms with Crippen molar-refractivity contribution in [1.82, 2.24) is 0 Å². The highest BCUT2D eigenvalue weighted by atomic mass is 16.5. The third kappa shape index (κ3) is 7.98. The summed E-state index contributed by atoms with van der Waals surface area (Å²) in [7, 11) is 0. The number of unbranched alkanes of at least 4 members (excludes halogenated alkanes) is 1. The van der Waals surface area contributed by atoms with Crippen LogP contribution in [0, 0.1) is 5.41 Å². The third-order valence-electron chi connectivity index (χ3n) is 2.24. The van der Waals surface area contributed by atoms with Gasteiger partial charge in [0.2, 0.25) is 0 Å². The lowest BCUT2D eigenvalue weighted by molar-refractivity contribution is -0.137. The van der Waals surface area contributed by atoms with E-state index < -0.39 is 0 Å². The standard InChI is InChI=1S/C13H22O2/c1-5-7-8-9-13(3,4)10-11-15-12(14)6-2/h5,10-11H,1,6-9H2,2-4H3/b11-10+. The smallest absolute Gasteiger partial charge is 0.310 e. The van der Waals surface area contributed by atoms with Gasteiger partial charge in [0.05, 0.1) is 6.26 Å². The van der Waals surface area contributed by atoms with Gasteiger partial charge in [0.1, 0.15) is 0 Å². The van der Waals surface area contributed by atoms with Gasteiger partial charge in [-0.25, -0.2) is 0 Å². The van der Waals surface area contributed by atoms with Crippen LogP contribution in [-0.4, -0.2) is 5.97 Å². The zero-order valence-corrected chi connectivity index (χ0v) is 10.1.